The van der Waals surface area contributed by atoms with Gasteiger partial charge in [0.25, 0.3) is 0 Å². The average Bonchev–Trinajstić information content (AvgIpc) is 2.99. The molecule has 120 valence electrons. The minimum absolute atomic E-state index is 0.00201. The van der Waals surface area contributed by atoms with Gasteiger partial charge >= 0.3 is 5.97 Å². The number of methoxy groups -OCH3 is 1. The summed E-state index contributed by atoms with van der Waals surface area (Å²) < 4.78 is 12.8. The number of carbonyl (C=O) groups is 1. The number of hydrogen-bond acceptors (Lipinski definition) is 6. The van der Waals surface area contributed by atoms with Crippen molar-refractivity contribution in [2.24, 2.45) is 0 Å². The van der Waals surface area contributed by atoms with Crippen LogP contribution in [0.25, 0.3) is 0 Å². The number of nitrogens with zero attached hydrogens (tertiary/aromatic N) is 3. The number of allylic oxidation sites excluding steroid dienone is 1. The zero-order chi connectivity index (χ0) is 15.5. The first-order valence-electron chi connectivity index (χ1n) is 7.68. The van der Waals surface area contributed by atoms with Gasteiger partial charge in [0.1, 0.15) is 17.7 Å². The number of hydrogen-bond donors (Lipinski definition) is 0. The summed E-state index contributed by atoms with van der Waals surface area (Å²) in [5.74, 6) is 2.24. The van der Waals surface area contributed by atoms with Crippen LogP contribution in [0.3, 0.4) is 0 Å². The largest absolute Gasteiger partial charge is 0.493 e. The second-order valence-electron chi connectivity index (χ2n) is 5.64. The summed E-state index contributed by atoms with van der Waals surface area (Å²) >= 11 is 1.66. The molecule has 0 radical (unpaired) electrons. The van der Waals surface area contributed by atoms with Crippen molar-refractivity contribution >= 4 is 17.7 Å². The fourth-order valence-electron chi connectivity index (χ4n) is 2.91. The second kappa shape index (κ2) is 6.73. The summed E-state index contributed by atoms with van der Waals surface area (Å²) in [6.07, 6.45) is 5.25. The Hall–Kier alpha value is -1.50. The van der Waals surface area contributed by atoms with Gasteiger partial charge in [0, 0.05) is 25.1 Å². The molecule has 3 heterocycles. The van der Waals surface area contributed by atoms with Gasteiger partial charge in [-0.25, -0.2) is 4.79 Å². The Balaban J connectivity index is 1.59. The predicted octanol–water partition coefficient (Wildman–Crippen LogP) is 2.33. The van der Waals surface area contributed by atoms with Crippen molar-refractivity contribution in [2.45, 2.75) is 56.8 Å². The Morgan fingerprint density at radius 2 is 2.27 bits per heavy atom. The molecule has 1 aromatic heterocycles. The average molecular weight is 323 g/mol. The molecular formula is C15H21N3O3S. The van der Waals surface area contributed by atoms with E-state index >= 15 is 0 Å². The van der Waals surface area contributed by atoms with Crippen molar-refractivity contribution in [3.63, 3.8) is 0 Å². The maximum atomic E-state index is 11.6. The van der Waals surface area contributed by atoms with Gasteiger partial charge in [0.2, 0.25) is 0 Å². The molecule has 7 heteroatoms. The van der Waals surface area contributed by atoms with Crippen LogP contribution in [-0.4, -0.2) is 39.7 Å². The zero-order valence-corrected chi connectivity index (χ0v) is 13.8. The normalized spacial score (nSPS) is 21.3. The smallest absolute Gasteiger partial charge is 0.337 e. The number of esters is 1. The van der Waals surface area contributed by atoms with Crippen molar-refractivity contribution in [3.8, 4) is 0 Å². The Kier molecular flexibility index (Phi) is 4.71. The van der Waals surface area contributed by atoms with Gasteiger partial charge in [0.05, 0.1) is 12.7 Å². The molecule has 2 aliphatic heterocycles. The summed E-state index contributed by atoms with van der Waals surface area (Å²) in [4.78, 5) is 11.6. The van der Waals surface area contributed by atoms with E-state index in [1.165, 1.54) is 26.4 Å². The van der Waals surface area contributed by atoms with E-state index in [1.807, 2.05) is 6.92 Å². The van der Waals surface area contributed by atoms with Crippen LogP contribution < -0.4 is 0 Å². The Morgan fingerprint density at radius 3 is 3.09 bits per heavy atom. The van der Waals surface area contributed by atoms with Crippen molar-refractivity contribution in [1.82, 2.24) is 14.8 Å². The maximum absolute atomic E-state index is 11.6. The first-order chi connectivity index (χ1) is 10.7. The number of aryl methyl sites for hydroxylation is 1. The van der Waals surface area contributed by atoms with Crippen LogP contribution in [-0.2, 0) is 27.2 Å². The van der Waals surface area contributed by atoms with E-state index in [1.54, 1.807) is 11.8 Å². The molecule has 3 rings (SSSR count). The monoisotopic (exact) mass is 323 g/mol. The molecule has 0 saturated heterocycles. The molecule has 0 amide bonds. The first kappa shape index (κ1) is 15.4. The third-order valence-electron chi connectivity index (χ3n) is 4.11. The molecule has 2 aliphatic rings. The highest BCUT2D eigenvalue weighted by molar-refractivity contribution is 7.99. The molecule has 0 N–H and O–H groups in total. The fraction of sp³-hybridized carbons (Fsp3) is 0.667. The summed E-state index contributed by atoms with van der Waals surface area (Å²) in [6.45, 7) is 2.82. The number of aromatic nitrogens is 3. The maximum Gasteiger partial charge on any atom is 0.337 e. The fourth-order valence-corrected chi connectivity index (χ4v) is 3.88. The third kappa shape index (κ3) is 3.14. The van der Waals surface area contributed by atoms with E-state index < -0.39 is 0 Å². The highest BCUT2D eigenvalue weighted by atomic mass is 32.2. The number of carbonyl (C=O) groups excluding carboxylic acids is 1. The topological polar surface area (TPSA) is 66.2 Å². The van der Waals surface area contributed by atoms with E-state index in [4.69, 9.17) is 9.47 Å². The molecule has 6 nitrogen and oxygen atoms in total. The lowest BCUT2D eigenvalue weighted by Gasteiger charge is -2.11. The molecular weight excluding hydrogens is 302 g/mol. The second-order valence-corrected chi connectivity index (χ2v) is 6.63. The van der Waals surface area contributed by atoms with E-state index in [0.717, 1.165) is 29.7 Å². The third-order valence-corrected chi connectivity index (χ3v) is 5.20. The lowest BCUT2D eigenvalue weighted by molar-refractivity contribution is -0.136. The van der Waals surface area contributed by atoms with E-state index in [-0.39, 0.29) is 12.1 Å². The van der Waals surface area contributed by atoms with Crippen LogP contribution in [0.5, 0.6) is 0 Å². The van der Waals surface area contributed by atoms with Crippen LogP contribution in [0.1, 0.15) is 38.4 Å². The first-order valence-corrected chi connectivity index (χ1v) is 8.67. The predicted molar refractivity (Wildman–Crippen MR) is 82.5 cm³/mol. The van der Waals surface area contributed by atoms with Gasteiger partial charge in [-0.15, -0.1) is 10.2 Å². The Labute approximate surface area is 134 Å². The van der Waals surface area contributed by atoms with Crippen LogP contribution in [0.4, 0.5) is 0 Å². The van der Waals surface area contributed by atoms with Crippen molar-refractivity contribution in [2.75, 3.05) is 12.9 Å². The minimum atomic E-state index is -0.290. The van der Waals surface area contributed by atoms with Crippen LogP contribution >= 0.6 is 11.8 Å². The summed E-state index contributed by atoms with van der Waals surface area (Å²) in [5.41, 5.74) is 0.646. The van der Waals surface area contributed by atoms with Crippen LogP contribution in [0.15, 0.2) is 16.5 Å². The van der Waals surface area contributed by atoms with Gasteiger partial charge in [-0.1, -0.05) is 18.2 Å². The highest BCUT2D eigenvalue weighted by Gasteiger charge is 2.29. The van der Waals surface area contributed by atoms with Gasteiger partial charge < -0.3 is 14.0 Å². The molecule has 0 aliphatic carbocycles. The van der Waals surface area contributed by atoms with Crippen molar-refractivity contribution < 1.29 is 14.3 Å². The lowest BCUT2D eigenvalue weighted by atomic mass is 10.1. The summed E-state index contributed by atoms with van der Waals surface area (Å²) in [5, 5.41) is 9.57. The number of ether oxygens (including phenoxy) is 2. The molecule has 0 fully saturated rings. The van der Waals surface area contributed by atoms with E-state index in [0.29, 0.717) is 17.8 Å². The number of rotatable bonds is 4. The molecule has 0 aromatic carbocycles. The Bertz CT molecular complexity index is 597. The van der Waals surface area contributed by atoms with Gasteiger partial charge in [-0.2, -0.15) is 0 Å². The standard InChI is InChI=1S/C15H21N3O3S/c1-10-12(14(19)20-2)8-11(21-10)9-22-15-17-16-13-6-4-3-5-7-18(13)15/h11H,3-9H2,1-2H3/t11-/m0/s1. The molecule has 1 aromatic rings. The molecule has 1 atom stereocenters. The van der Waals surface area contributed by atoms with E-state index in [9.17, 15) is 4.79 Å². The van der Waals surface area contributed by atoms with Gasteiger partial charge in [-0.3, -0.25) is 0 Å². The summed E-state index contributed by atoms with van der Waals surface area (Å²) in [7, 11) is 1.40. The highest BCUT2D eigenvalue weighted by Crippen LogP contribution is 2.30. The lowest BCUT2D eigenvalue weighted by Crippen LogP contribution is -2.12. The number of fused-ring (bicyclic) bond motifs is 1. The molecule has 22 heavy (non-hydrogen) atoms. The summed E-state index contributed by atoms with van der Waals surface area (Å²) in [6, 6.07) is 0. The van der Waals surface area contributed by atoms with Gasteiger partial charge in [-0.05, 0) is 19.8 Å². The quantitative estimate of drug-likeness (QED) is 0.626. The van der Waals surface area contributed by atoms with Crippen LogP contribution in [0.2, 0.25) is 0 Å². The van der Waals surface area contributed by atoms with Crippen LogP contribution in [0, 0.1) is 0 Å². The molecule has 0 bridgehead atoms. The zero-order valence-electron chi connectivity index (χ0n) is 13.0. The van der Waals surface area contributed by atoms with Crippen molar-refractivity contribution in [3.05, 3.63) is 17.2 Å². The number of thioether (sulfide) groups is 1. The SMILES string of the molecule is COC(=O)C1=C(C)O[C@H](CSc2nnc3n2CCCCC3)C1. The molecule has 0 spiro atoms. The molecule has 0 saturated carbocycles. The minimum Gasteiger partial charge on any atom is -0.493 e. The van der Waals surface area contributed by atoms with E-state index in [2.05, 4.69) is 14.8 Å². The molecule has 0 unspecified atom stereocenters. The Morgan fingerprint density at radius 1 is 1.41 bits per heavy atom. The van der Waals surface area contributed by atoms with Crippen molar-refractivity contribution in [1.29, 1.82) is 0 Å². The van der Waals surface area contributed by atoms with Gasteiger partial charge in [0.15, 0.2) is 5.16 Å².